The second-order valence-corrected chi connectivity index (χ2v) is 5.27. The summed E-state index contributed by atoms with van der Waals surface area (Å²) in [6.07, 6.45) is 0. The fourth-order valence-corrected chi connectivity index (χ4v) is 2.48. The summed E-state index contributed by atoms with van der Waals surface area (Å²) in [6, 6.07) is 6.49. The summed E-state index contributed by atoms with van der Waals surface area (Å²) in [5.74, 6) is 1.10. The topological polar surface area (TPSA) is 111 Å². The summed E-state index contributed by atoms with van der Waals surface area (Å²) < 4.78 is 4.88. The maximum absolute atomic E-state index is 12.2. The third kappa shape index (κ3) is 3.37. The van der Waals surface area contributed by atoms with Crippen LogP contribution in [0.2, 0.25) is 5.02 Å². The third-order valence-corrected chi connectivity index (χ3v) is 3.69. The zero-order valence-electron chi connectivity index (χ0n) is 11.8. The molecule has 8 heteroatoms. The molecule has 0 bridgehead atoms. The van der Waals surface area contributed by atoms with Gasteiger partial charge in [-0.15, -0.1) is 0 Å². The Balaban J connectivity index is 2.07. The van der Waals surface area contributed by atoms with Crippen LogP contribution in [0.15, 0.2) is 24.3 Å². The predicted molar refractivity (Wildman–Crippen MR) is 79.5 cm³/mol. The number of hydrazine groups is 1. The molecule has 4 N–H and O–H groups in total. The molecule has 118 valence electrons. The van der Waals surface area contributed by atoms with Gasteiger partial charge in [-0.3, -0.25) is 19.8 Å². The number of carbonyl (C=O) groups is 3. The van der Waals surface area contributed by atoms with Crippen LogP contribution in [0.5, 0.6) is 0 Å². The molecular formula is C14H16ClN3O4. The molecule has 0 spiro atoms. The summed E-state index contributed by atoms with van der Waals surface area (Å²) in [7, 11) is 0. The summed E-state index contributed by atoms with van der Waals surface area (Å²) >= 11 is 5.77. The quantitative estimate of drug-likeness (QED) is 0.319. The van der Waals surface area contributed by atoms with Gasteiger partial charge in [0.15, 0.2) is 0 Å². The number of hydrogen-bond acceptors (Lipinski definition) is 5. The molecule has 7 nitrogen and oxygen atoms in total. The molecule has 1 fully saturated rings. The van der Waals surface area contributed by atoms with Crippen LogP contribution < -0.4 is 16.6 Å². The first-order valence-corrected chi connectivity index (χ1v) is 7.11. The van der Waals surface area contributed by atoms with E-state index < -0.39 is 35.5 Å². The molecule has 22 heavy (non-hydrogen) atoms. The van der Waals surface area contributed by atoms with Crippen LogP contribution in [0, 0.1) is 17.8 Å². The highest BCUT2D eigenvalue weighted by molar-refractivity contribution is 6.30. The second-order valence-electron chi connectivity index (χ2n) is 4.83. The Bertz CT molecular complexity index is 590. The number of halogens is 1. The minimum Gasteiger partial charge on any atom is -0.466 e. The van der Waals surface area contributed by atoms with Crippen LogP contribution in [0.25, 0.3) is 0 Å². The lowest BCUT2D eigenvalue weighted by Crippen LogP contribution is -2.33. The Morgan fingerprint density at radius 3 is 2.27 bits per heavy atom. The van der Waals surface area contributed by atoms with Crippen molar-refractivity contribution in [2.75, 3.05) is 11.9 Å². The van der Waals surface area contributed by atoms with Crippen molar-refractivity contribution in [1.29, 1.82) is 0 Å². The van der Waals surface area contributed by atoms with Crippen molar-refractivity contribution in [3.63, 3.8) is 0 Å². The normalized spacial score (nSPS) is 22.6. The Morgan fingerprint density at radius 2 is 1.73 bits per heavy atom. The SMILES string of the molecule is CCOC(=O)C1C(C(=O)NN)C1C(=O)Nc1ccc(Cl)cc1. The number of rotatable bonds is 5. The van der Waals surface area contributed by atoms with Gasteiger partial charge < -0.3 is 10.1 Å². The molecule has 1 saturated carbocycles. The molecule has 1 aliphatic rings. The monoisotopic (exact) mass is 325 g/mol. The van der Waals surface area contributed by atoms with Crippen LogP contribution in [-0.2, 0) is 19.1 Å². The number of ether oxygens (including phenoxy) is 1. The van der Waals surface area contributed by atoms with Crippen LogP contribution in [-0.4, -0.2) is 24.4 Å². The zero-order valence-corrected chi connectivity index (χ0v) is 12.6. The number of nitrogens with two attached hydrogens (primary N) is 1. The van der Waals surface area contributed by atoms with E-state index in [0.29, 0.717) is 10.7 Å². The fourth-order valence-electron chi connectivity index (χ4n) is 2.35. The van der Waals surface area contributed by atoms with E-state index in [2.05, 4.69) is 5.32 Å². The van der Waals surface area contributed by atoms with Crippen molar-refractivity contribution < 1.29 is 19.1 Å². The molecule has 3 atom stereocenters. The maximum atomic E-state index is 12.2. The third-order valence-electron chi connectivity index (χ3n) is 3.44. The Kier molecular flexibility index (Phi) is 4.99. The van der Waals surface area contributed by atoms with E-state index in [1.807, 2.05) is 5.43 Å². The van der Waals surface area contributed by atoms with Crippen molar-refractivity contribution in [2.24, 2.45) is 23.6 Å². The Labute approximate surface area is 132 Å². The average molecular weight is 326 g/mol. The van der Waals surface area contributed by atoms with Gasteiger partial charge in [0.2, 0.25) is 11.8 Å². The van der Waals surface area contributed by atoms with E-state index in [1.54, 1.807) is 31.2 Å². The maximum Gasteiger partial charge on any atom is 0.310 e. The summed E-state index contributed by atoms with van der Waals surface area (Å²) in [4.78, 5) is 35.7. The number of esters is 1. The number of carbonyl (C=O) groups excluding carboxylic acids is 3. The molecule has 1 aliphatic carbocycles. The van der Waals surface area contributed by atoms with E-state index in [9.17, 15) is 14.4 Å². The number of hydrogen-bond donors (Lipinski definition) is 3. The zero-order chi connectivity index (χ0) is 16.3. The first kappa shape index (κ1) is 16.3. The molecule has 0 radical (unpaired) electrons. The van der Waals surface area contributed by atoms with Crippen LogP contribution >= 0.6 is 11.6 Å². The van der Waals surface area contributed by atoms with E-state index in [0.717, 1.165) is 0 Å². The van der Waals surface area contributed by atoms with Crippen molar-refractivity contribution in [1.82, 2.24) is 5.43 Å². The molecular weight excluding hydrogens is 310 g/mol. The lowest BCUT2D eigenvalue weighted by Gasteiger charge is -2.05. The van der Waals surface area contributed by atoms with Gasteiger partial charge in [-0.2, -0.15) is 0 Å². The molecule has 0 saturated heterocycles. The van der Waals surface area contributed by atoms with Gasteiger partial charge >= 0.3 is 5.97 Å². The molecule has 2 amide bonds. The lowest BCUT2D eigenvalue weighted by molar-refractivity contribution is -0.146. The van der Waals surface area contributed by atoms with Crippen molar-refractivity contribution >= 4 is 35.1 Å². The predicted octanol–water partition coefficient (Wildman–Crippen LogP) is 0.694. The molecule has 0 aromatic heterocycles. The van der Waals surface area contributed by atoms with Crippen molar-refractivity contribution in [3.05, 3.63) is 29.3 Å². The minimum absolute atomic E-state index is 0.178. The highest BCUT2D eigenvalue weighted by Gasteiger charge is 2.63. The number of anilines is 1. The summed E-state index contributed by atoms with van der Waals surface area (Å²) in [5.41, 5.74) is 2.49. The lowest BCUT2D eigenvalue weighted by atomic mass is 10.2. The Morgan fingerprint density at radius 1 is 1.14 bits per heavy atom. The highest BCUT2D eigenvalue weighted by Crippen LogP contribution is 2.48. The molecule has 0 heterocycles. The van der Waals surface area contributed by atoms with Crippen molar-refractivity contribution in [3.8, 4) is 0 Å². The molecule has 3 unspecified atom stereocenters. The first-order chi connectivity index (χ1) is 10.5. The van der Waals surface area contributed by atoms with Crippen LogP contribution in [0.1, 0.15) is 6.92 Å². The number of amides is 2. The second kappa shape index (κ2) is 6.76. The van der Waals surface area contributed by atoms with E-state index in [4.69, 9.17) is 22.2 Å². The summed E-state index contributed by atoms with van der Waals surface area (Å²) in [6.45, 7) is 1.83. The van der Waals surface area contributed by atoms with Gasteiger partial charge in [0.1, 0.15) is 0 Å². The number of nitrogens with one attached hydrogen (secondary N) is 2. The average Bonchev–Trinajstić information content (AvgIpc) is 3.25. The van der Waals surface area contributed by atoms with Gasteiger partial charge in [0.05, 0.1) is 24.4 Å². The Hall–Kier alpha value is -2.12. The van der Waals surface area contributed by atoms with Gasteiger partial charge in [0, 0.05) is 10.7 Å². The smallest absolute Gasteiger partial charge is 0.310 e. The molecule has 1 aromatic carbocycles. The minimum atomic E-state index is -0.809. The number of benzene rings is 1. The first-order valence-electron chi connectivity index (χ1n) is 6.73. The fraction of sp³-hybridized carbons (Fsp3) is 0.357. The van der Waals surface area contributed by atoms with Gasteiger partial charge in [0.25, 0.3) is 0 Å². The largest absolute Gasteiger partial charge is 0.466 e. The van der Waals surface area contributed by atoms with Gasteiger partial charge in [-0.25, -0.2) is 5.84 Å². The van der Waals surface area contributed by atoms with E-state index in [1.165, 1.54) is 0 Å². The van der Waals surface area contributed by atoms with Gasteiger partial charge in [-0.05, 0) is 31.2 Å². The molecule has 1 aromatic rings. The molecule has 0 aliphatic heterocycles. The van der Waals surface area contributed by atoms with Crippen LogP contribution in [0.4, 0.5) is 5.69 Å². The van der Waals surface area contributed by atoms with Gasteiger partial charge in [-0.1, -0.05) is 11.6 Å². The van der Waals surface area contributed by atoms with Crippen LogP contribution in [0.3, 0.4) is 0 Å². The van der Waals surface area contributed by atoms with Crippen molar-refractivity contribution in [2.45, 2.75) is 6.92 Å². The molecule has 2 rings (SSSR count). The van der Waals surface area contributed by atoms with E-state index in [-0.39, 0.29) is 6.61 Å². The van der Waals surface area contributed by atoms with E-state index >= 15 is 0 Å². The highest BCUT2D eigenvalue weighted by atomic mass is 35.5. The standard InChI is InChI=1S/C14H16ClN3O4/c1-2-22-14(21)11-9(10(11)13(20)18-16)12(19)17-8-5-3-7(15)4-6-8/h3-6,9-11H,2,16H2,1H3,(H,17,19)(H,18,20). The summed E-state index contributed by atoms with van der Waals surface area (Å²) in [5, 5.41) is 3.18.